The van der Waals surface area contributed by atoms with E-state index in [2.05, 4.69) is 16.7 Å². The highest BCUT2D eigenvalue weighted by Crippen LogP contribution is 2.46. The van der Waals surface area contributed by atoms with Gasteiger partial charge < -0.3 is 15.4 Å². The molecule has 7 nitrogen and oxygen atoms in total. The minimum Gasteiger partial charge on any atom is -0.494 e. The predicted molar refractivity (Wildman–Crippen MR) is 140 cm³/mol. The molecule has 1 aliphatic carbocycles. The molecule has 2 aliphatic rings. The Morgan fingerprint density at radius 1 is 1.19 bits per heavy atom. The van der Waals surface area contributed by atoms with Gasteiger partial charge in [-0.2, -0.15) is 5.26 Å². The fraction of sp³-hybridized carbons (Fsp3) is 0.286. The van der Waals surface area contributed by atoms with Crippen molar-refractivity contribution in [2.75, 3.05) is 17.7 Å². The average Bonchev–Trinajstić information content (AvgIpc) is 2.87. The van der Waals surface area contributed by atoms with Crippen LogP contribution in [0.25, 0.3) is 0 Å². The largest absolute Gasteiger partial charge is 0.494 e. The number of Topliss-reactive ketones (excluding diaryl/α,β-unsaturated/α-hetero) is 2. The van der Waals surface area contributed by atoms with Crippen LogP contribution in [-0.2, 0) is 9.59 Å². The number of anilines is 1. The molecular formula is C28H27N3O4S. The second-order valence-electron chi connectivity index (χ2n) is 8.53. The molecule has 2 aromatic rings. The van der Waals surface area contributed by atoms with Gasteiger partial charge in [-0.05, 0) is 44.9 Å². The highest BCUT2D eigenvalue weighted by molar-refractivity contribution is 8.03. The first-order valence-corrected chi connectivity index (χ1v) is 12.8. The molecule has 0 saturated heterocycles. The van der Waals surface area contributed by atoms with Crippen molar-refractivity contribution in [1.29, 1.82) is 5.26 Å². The molecule has 0 aromatic heterocycles. The van der Waals surface area contributed by atoms with Crippen LogP contribution in [0, 0.1) is 11.3 Å². The van der Waals surface area contributed by atoms with Gasteiger partial charge in [0.25, 0.3) is 0 Å². The van der Waals surface area contributed by atoms with E-state index < -0.39 is 5.92 Å². The smallest absolute Gasteiger partial charge is 0.234 e. The van der Waals surface area contributed by atoms with Gasteiger partial charge in [0.15, 0.2) is 11.6 Å². The van der Waals surface area contributed by atoms with Crippen LogP contribution in [0.5, 0.6) is 5.75 Å². The number of ether oxygens (including phenoxy) is 1. The van der Waals surface area contributed by atoms with Crippen molar-refractivity contribution in [2.45, 2.75) is 39.0 Å². The summed E-state index contributed by atoms with van der Waals surface area (Å²) in [6.45, 7) is 3.82. The van der Waals surface area contributed by atoms with E-state index in [1.54, 1.807) is 24.3 Å². The van der Waals surface area contributed by atoms with E-state index in [9.17, 15) is 19.6 Å². The molecule has 8 heteroatoms. The quantitative estimate of drug-likeness (QED) is 0.485. The monoisotopic (exact) mass is 501 g/mol. The van der Waals surface area contributed by atoms with Gasteiger partial charge >= 0.3 is 0 Å². The molecule has 0 fully saturated rings. The predicted octanol–water partition coefficient (Wildman–Crippen LogP) is 5.09. The maximum atomic E-state index is 13.0. The van der Waals surface area contributed by atoms with Gasteiger partial charge in [-0.1, -0.05) is 42.1 Å². The molecule has 0 spiro atoms. The summed E-state index contributed by atoms with van der Waals surface area (Å²) in [4.78, 5) is 37.4. The molecule has 36 heavy (non-hydrogen) atoms. The number of para-hydroxylation sites is 1. The Labute approximate surface area is 214 Å². The normalized spacial score (nSPS) is 17.1. The molecule has 0 bridgehead atoms. The van der Waals surface area contributed by atoms with E-state index in [4.69, 9.17) is 4.74 Å². The number of amides is 1. The number of hydrogen-bond acceptors (Lipinski definition) is 7. The second kappa shape index (κ2) is 11.3. The Bertz CT molecular complexity index is 1320. The van der Waals surface area contributed by atoms with Crippen LogP contribution in [0.4, 0.5) is 5.69 Å². The molecular weight excluding hydrogens is 474 g/mol. The third-order valence-corrected chi connectivity index (χ3v) is 7.11. The van der Waals surface area contributed by atoms with E-state index in [1.807, 2.05) is 31.2 Å². The summed E-state index contributed by atoms with van der Waals surface area (Å²) < 4.78 is 5.84. The number of carbonyl (C=O) groups is 3. The first-order chi connectivity index (χ1) is 17.4. The van der Waals surface area contributed by atoms with E-state index in [0.29, 0.717) is 52.6 Å². The maximum Gasteiger partial charge on any atom is 0.234 e. The van der Waals surface area contributed by atoms with Crippen molar-refractivity contribution in [1.82, 2.24) is 5.32 Å². The topological polar surface area (TPSA) is 108 Å². The van der Waals surface area contributed by atoms with Gasteiger partial charge in [-0.25, -0.2) is 0 Å². The Morgan fingerprint density at radius 2 is 2.00 bits per heavy atom. The summed E-state index contributed by atoms with van der Waals surface area (Å²) in [6.07, 6.45) is 1.87. The van der Waals surface area contributed by atoms with Crippen molar-refractivity contribution >= 4 is 34.9 Å². The molecule has 4 rings (SSSR count). The summed E-state index contributed by atoms with van der Waals surface area (Å²) in [7, 11) is 0. The first kappa shape index (κ1) is 25.3. The number of carbonyl (C=O) groups excluding carboxylic acids is 3. The molecule has 0 saturated carbocycles. The molecule has 0 radical (unpaired) electrons. The highest BCUT2D eigenvalue weighted by Gasteiger charge is 2.38. The third kappa shape index (κ3) is 5.37. The molecule has 2 N–H and O–H groups in total. The number of dihydropyridines is 1. The number of hydrogen-bond donors (Lipinski definition) is 2. The van der Waals surface area contributed by atoms with Gasteiger partial charge in [-0.3, -0.25) is 14.4 Å². The zero-order valence-electron chi connectivity index (χ0n) is 20.2. The van der Waals surface area contributed by atoms with Crippen LogP contribution in [0.3, 0.4) is 0 Å². The van der Waals surface area contributed by atoms with Crippen LogP contribution in [-0.4, -0.2) is 29.8 Å². The van der Waals surface area contributed by atoms with Crippen LogP contribution >= 0.6 is 11.8 Å². The summed E-state index contributed by atoms with van der Waals surface area (Å²) >= 11 is 1.22. The van der Waals surface area contributed by atoms with Crippen molar-refractivity contribution in [2.24, 2.45) is 0 Å². The molecule has 1 atom stereocenters. The molecule has 1 unspecified atom stereocenters. The minimum absolute atomic E-state index is 0.0277. The number of ketones is 2. The lowest BCUT2D eigenvalue weighted by Crippen LogP contribution is -2.32. The lowest BCUT2D eigenvalue weighted by atomic mass is 9.76. The first-order valence-electron chi connectivity index (χ1n) is 11.9. The minimum atomic E-state index is -0.556. The maximum absolute atomic E-state index is 13.0. The van der Waals surface area contributed by atoms with Gasteiger partial charge in [0.05, 0.1) is 34.9 Å². The van der Waals surface area contributed by atoms with Crippen LogP contribution in [0.1, 0.15) is 54.9 Å². The lowest BCUT2D eigenvalue weighted by molar-refractivity contribution is -0.116. The highest BCUT2D eigenvalue weighted by atomic mass is 32.2. The van der Waals surface area contributed by atoms with E-state index in [-0.39, 0.29) is 23.2 Å². The lowest BCUT2D eigenvalue weighted by Gasteiger charge is -2.33. The number of nitrogens with zero attached hydrogens (tertiary/aromatic N) is 1. The number of nitrogens with one attached hydrogen (secondary N) is 2. The van der Waals surface area contributed by atoms with Crippen molar-refractivity contribution in [3.05, 3.63) is 81.5 Å². The molecule has 1 amide bonds. The Kier molecular flexibility index (Phi) is 7.91. The Morgan fingerprint density at radius 3 is 2.75 bits per heavy atom. The van der Waals surface area contributed by atoms with E-state index in [0.717, 1.165) is 17.7 Å². The summed E-state index contributed by atoms with van der Waals surface area (Å²) in [6, 6.07) is 16.5. The Balaban J connectivity index is 1.63. The zero-order valence-corrected chi connectivity index (χ0v) is 21.0. The molecule has 1 aliphatic heterocycles. The third-order valence-electron chi connectivity index (χ3n) is 6.09. The van der Waals surface area contributed by atoms with Crippen molar-refractivity contribution in [3.8, 4) is 11.8 Å². The van der Waals surface area contributed by atoms with Crippen molar-refractivity contribution < 1.29 is 19.1 Å². The molecule has 184 valence electrons. The van der Waals surface area contributed by atoms with Crippen molar-refractivity contribution in [3.63, 3.8) is 0 Å². The van der Waals surface area contributed by atoms with Crippen LogP contribution < -0.4 is 15.4 Å². The summed E-state index contributed by atoms with van der Waals surface area (Å²) in [5, 5.41) is 16.9. The number of nitriles is 1. The van der Waals surface area contributed by atoms with Crippen LogP contribution in [0.15, 0.2) is 70.4 Å². The number of thioether (sulfide) groups is 1. The fourth-order valence-corrected chi connectivity index (χ4v) is 5.37. The fourth-order valence-electron chi connectivity index (χ4n) is 4.51. The van der Waals surface area contributed by atoms with Gasteiger partial charge in [0.2, 0.25) is 5.91 Å². The molecule has 1 heterocycles. The van der Waals surface area contributed by atoms with E-state index >= 15 is 0 Å². The summed E-state index contributed by atoms with van der Waals surface area (Å²) in [5.41, 5.74) is 3.63. The molecule has 2 aromatic carbocycles. The SMILES string of the molecule is CCOc1ccccc1C1C(C#N)=C(SCC(=O)Nc2cccc(C(C)=O)c2)NC2=C1C(=O)CCC2. The van der Waals surface area contributed by atoms with Gasteiger partial charge in [-0.15, -0.1) is 0 Å². The van der Waals surface area contributed by atoms with Gasteiger partial charge in [0, 0.05) is 34.5 Å². The van der Waals surface area contributed by atoms with E-state index in [1.165, 1.54) is 18.7 Å². The second-order valence-corrected chi connectivity index (χ2v) is 9.51. The standard InChI is InChI=1S/C28H27N3O4S/c1-3-35-24-13-5-4-10-20(24)26-21(15-29)28(31-22-11-7-12-23(33)27(22)26)36-16-25(34)30-19-9-6-8-18(14-19)17(2)32/h4-6,8-10,13-14,26,31H,3,7,11-12,16H2,1-2H3,(H,30,34). The number of allylic oxidation sites excluding steroid dienone is 3. The van der Waals surface area contributed by atoms with Gasteiger partial charge in [0.1, 0.15) is 5.75 Å². The number of benzene rings is 2. The Hall–Kier alpha value is -3.83. The number of rotatable bonds is 8. The van der Waals surface area contributed by atoms with Crippen LogP contribution in [0.2, 0.25) is 0 Å². The summed E-state index contributed by atoms with van der Waals surface area (Å²) in [5.74, 6) is -0.191. The average molecular weight is 502 g/mol. The zero-order chi connectivity index (χ0) is 25.7.